The first kappa shape index (κ1) is 17.1. The Morgan fingerprint density at radius 3 is 2.81 bits per heavy atom. The van der Waals surface area contributed by atoms with Gasteiger partial charge in [-0.05, 0) is 6.92 Å². The van der Waals surface area contributed by atoms with Gasteiger partial charge in [0.15, 0.2) is 0 Å². The molecule has 0 bridgehead atoms. The van der Waals surface area contributed by atoms with Crippen molar-refractivity contribution >= 4 is 5.91 Å². The predicted molar refractivity (Wildman–Crippen MR) is 94.8 cm³/mol. The van der Waals surface area contributed by atoms with Crippen LogP contribution in [-0.4, -0.2) is 47.1 Å². The number of nitrogens with zero attached hydrogens (tertiary/aromatic N) is 7. The van der Waals surface area contributed by atoms with E-state index in [1.807, 2.05) is 18.7 Å². The Balaban J connectivity index is 1.52. The summed E-state index contributed by atoms with van der Waals surface area (Å²) in [4.78, 5) is 31.0. The lowest BCUT2D eigenvalue weighted by Crippen LogP contribution is -2.37. The molecule has 3 aromatic heterocycles. The van der Waals surface area contributed by atoms with Crippen LogP contribution in [0.15, 0.2) is 31.0 Å². The van der Waals surface area contributed by atoms with Crippen molar-refractivity contribution in [2.75, 3.05) is 6.54 Å². The second-order valence-electron chi connectivity index (χ2n) is 6.35. The maximum atomic E-state index is 12.8. The number of hydrogen-bond acceptors (Lipinski definition) is 7. The van der Waals surface area contributed by atoms with E-state index in [0.717, 1.165) is 29.1 Å². The summed E-state index contributed by atoms with van der Waals surface area (Å²) < 4.78 is 7.55. The van der Waals surface area contributed by atoms with Crippen LogP contribution < -0.4 is 4.74 Å². The van der Waals surface area contributed by atoms with Gasteiger partial charge in [0.1, 0.15) is 18.0 Å². The monoisotopic (exact) mass is 365 g/mol. The Bertz CT molecular complexity index is 954. The first-order valence-corrected chi connectivity index (χ1v) is 8.62. The van der Waals surface area contributed by atoms with Crippen LogP contribution in [0.4, 0.5) is 0 Å². The maximum absolute atomic E-state index is 12.8. The zero-order valence-electron chi connectivity index (χ0n) is 15.2. The molecule has 4 heterocycles. The predicted octanol–water partition coefficient (Wildman–Crippen LogP) is 1.09. The molecule has 0 saturated carbocycles. The minimum Gasteiger partial charge on any atom is -0.470 e. The summed E-state index contributed by atoms with van der Waals surface area (Å²) in [5, 5.41) is 4.56. The lowest BCUT2D eigenvalue weighted by atomic mass is 10.0. The van der Waals surface area contributed by atoms with Gasteiger partial charge in [-0.3, -0.25) is 19.4 Å². The van der Waals surface area contributed by atoms with Crippen molar-refractivity contribution in [2.45, 2.75) is 26.5 Å². The molecule has 0 spiro atoms. The molecule has 0 radical (unpaired) electrons. The van der Waals surface area contributed by atoms with E-state index in [4.69, 9.17) is 4.74 Å². The summed E-state index contributed by atoms with van der Waals surface area (Å²) in [6.07, 6.45) is 8.58. The van der Waals surface area contributed by atoms with E-state index < -0.39 is 0 Å². The van der Waals surface area contributed by atoms with Gasteiger partial charge in [-0.15, -0.1) is 0 Å². The fraction of sp³-hybridized carbons (Fsp3) is 0.333. The van der Waals surface area contributed by atoms with Crippen molar-refractivity contribution in [3.63, 3.8) is 0 Å². The number of carbonyl (C=O) groups excluding carboxylic acids is 1. The largest absolute Gasteiger partial charge is 0.470 e. The summed E-state index contributed by atoms with van der Waals surface area (Å²) in [6, 6.07) is 0. The Labute approximate surface area is 156 Å². The van der Waals surface area contributed by atoms with Gasteiger partial charge < -0.3 is 9.64 Å². The normalized spacial score (nSPS) is 13.3. The third kappa shape index (κ3) is 3.48. The molecule has 4 rings (SSSR count). The highest BCUT2D eigenvalue weighted by Gasteiger charge is 2.28. The second kappa shape index (κ2) is 7.10. The van der Waals surface area contributed by atoms with Crippen molar-refractivity contribution in [3.05, 3.63) is 59.3 Å². The standard InChI is InChI=1S/C18H19N7O2/c1-12-7-22-14(8-21-12)18(26)25-6-3-16-13(10-25)15(23-24(16)2)11-27-17-9-19-4-5-20-17/h4-5,7-9H,3,6,10-11H2,1-2H3. The average Bonchev–Trinajstić information content (AvgIpc) is 3.02. The van der Waals surface area contributed by atoms with E-state index in [1.165, 1.54) is 6.20 Å². The molecule has 3 aromatic rings. The molecule has 0 N–H and O–H groups in total. The molecule has 1 aliphatic heterocycles. The number of aryl methyl sites for hydroxylation is 2. The Morgan fingerprint density at radius 1 is 1.19 bits per heavy atom. The second-order valence-corrected chi connectivity index (χ2v) is 6.35. The minimum absolute atomic E-state index is 0.127. The number of amides is 1. The van der Waals surface area contributed by atoms with Crippen LogP contribution in [0.5, 0.6) is 5.88 Å². The van der Waals surface area contributed by atoms with Crippen molar-refractivity contribution in [1.29, 1.82) is 0 Å². The molecule has 138 valence electrons. The van der Waals surface area contributed by atoms with E-state index in [-0.39, 0.29) is 12.5 Å². The quantitative estimate of drug-likeness (QED) is 0.682. The van der Waals surface area contributed by atoms with Crippen LogP contribution >= 0.6 is 0 Å². The van der Waals surface area contributed by atoms with E-state index in [1.54, 1.807) is 29.7 Å². The van der Waals surface area contributed by atoms with Crippen LogP contribution in [0, 0.1) is 6.92 Å². The van der Waals surface area contributed by atoms with Gasteiger partial charge in [-0.2, -0.15) is 5.10 Å². The number of carbonyl (C=O) groups is 1. The van der Waals surface area contributed by atoms with Gasteiger partial charge in [0.25, 0.3) is 5.91 Å². The van der Waals surface area contributed by atoms with Crippen molar-refractivity contribution in [3.8, 4) is 5.88 Å². The molecule has 9 heteroatoms. The third-order valence-electron chi connectivity index (χ3n) is 4.51. The molecule has 1 amide bonds. The van der Waals surface area contributed by atoms with Gasteiger partial charge >= 0.3 is 0 Å². The Hall–Kier alpha value is -3.36. The number of rotatable bonds is 4. The van der Waals surface area contributed by atoms with Gasteiger partial charge in [-0.25, -0.2) is 9.97 Å². The molecule has 0 unspecified atom stereocenters. The fourth-order valence-corrected chi connectivity index (χ4v) is 3.13. The van der Waals surface area contributed by atoms with E-state index in [0.29, 0.717) is 24.7 Å². The molecular formula is C18H19N7O2. The van der Waals surface area contributed by atoms with Gasteiger partial charge in [0, 0.05) is 56.4 Å². The zero-order valence-corrected chi connectivity index (χ0v) is 15.2. The summed E-state index contributed by atoms with van der Waals surface area (Å²) in [6.45, 7) is 3.20. The molecule has 0 atom stereocenters. The highest BCUT2D eigenvalue weighted by molar-refractivity contribution is 5.92. The summed E-state index contributed by atoms with van der Waals surface area (Å²) in [7, 11) is 1.91. The minimum atomic E-state index is -0.127. The summed E-state index contributed by atoms with van der Waals surface area (Å²) in [5.41, 5.74) is 4.06. The molecule has 27 heavy (non-hydrogen) atoms. The van der Waals surface area contributed by atoms with E-state index >= 15 is 0 Å². The van der Waals surface area contributed by atoms with Crippen LogP contribution in [0.25, 0.3) is 0 Å². The van der Waals surface area contributed by atoms with Crippen LogP contribution in [-0.2, 0) is 26.6 Å². The van der Waals surface area contributed by atoms with E-state index in [2.05, 4.69) is 25.0 Å². The van der Waals surface area contributed by atoms with Crippen LogP contribution in [0.3, 0.4) is 0 Å². The molecular weight excluding hydrogens is 346 g/mol. The zero-order chi connectivity index (χ0) is 18.8. The maximum Gasteiger partial charge on any atom is 0.274 e. The molecule has 0 aliphatic carbocycles. The number of ether oxygens (including phenoxy) is 1. The van der Waals surface area contributed by atoms with Crippen LogP contribution in [0.2, 0.25) is 0 Å². The SMILES string of the molecule is Cc1cnc(C(=O)N2CCc3c(c(COc4cnccn4)nn3C)C2)cn1. The molecule has 0 fully saturated rings. The van der Waals surface area contributed by atoms with Gasteiger partial charge in [-0.1, -0.05) is 0 Å². The number of hydrogen-bond donors (Lipinski definition) is 0. The lowest BCUT2D eigenvalue weighted by Gasteiger charge is -2.27. The van der Waals surface area contributed by atoms with E-state index in [9.17, 15) is 4.79 Å². The molecule has 9 nitrogen and oxygen atoms in total. The molecule has 0 aromatic carbocycles. The number of fused-ring (bicyclic) bond motifs is 1. The number of aromatic nitrogens is 6. The molecule has 1 aliphatic rings. The Kier molecular flexibility index (Phi) is 4.49. The van der Waals surface area contributed by atoms with Gasteiger partial charge in [0.05, 0.1) is 18.1 Å². The summed E-state index contributed by atoms with van der Waals surface area (Å²) in [5.74, 6) is 0.313. The molecule has 0 saturated heterocycles. The van der Waals surface area contributed by atoms with Crippen molar-refractivity contribution in [2.24, 2.45) is 7.05 Å². The first-order chi connectivity index (χ1) is 13.1. The van der Waals surface area contributed by atoms with Gasteiger partial charge in [0.2, 0.25) is 5.88 Å². The van der Waals surface area contributed by atoms with Crippen molar-refractivity contribution in [1.82, 2.24) is 34.6 Å². The Morgan fingerprint density at radius 2 is 2.07 bits per heavy atom. The summed E-state index contributed by atoms with van der Waals surface area (Å²) >= 11 is 0. The highest BCUT2D eigenvalue weighted by Crippen LogP contribution is 2.24. The lowest BCUT2D eigenvalue weighted by molar-refractivity contribution is 0.0726. The van der Waals surface area contributed by atoms with Crippen molar-refractivity contribution < 1.29 is 9.53 Å². The first-order valence-electron chi connectivity index (χ1n) is 8.62. The smallest absolute Gasteiger partial charge is 0.274 e. The van der Waals surface area contributed by atoms with Crippen LogP contribution in [0.1, 0.15) is 33.1 Å². The topological polar surface area (TPSA) is 98.9 Å². The third-order valence-corrected chi connectivity index (χ3v) is 4.51. The highest BCUT2D eigenvalue weighted by atomic mass is 16.5. The average molecular weight is 365 g/mol. The fourth-order valence-electron chi connectivity index (χ4n) is 3.13.